The second-order valence-corrected chi connectivity index (χ2v) is 8.78. The summed E-state index contributed by atoms with van der Waals surface area (Å²) in [5.74, 6) is 1.84. The summed E-state index contributed by atoms with van der Waals surface area (Å²) in [7, 11) is 0. The van der Waals surface area contributed by atoms with E-state index in [1.165, 1.54) is 37.0 Å². The second-order valence-electron chi connectivity index (χ2n) is 7.44. The van der Waals surface area contributed by atoms with E-state index in [9.17, 15) is 4.79 Å². The Kier molecular flexibility index (Phi) is 4.77. The van der Waals surface area contributed by atoms with Crippen molar-refractivity contribution in [2.45, 2.75) is 50.6 Å². The Morgan fingerprint density at radius 1 is 1.17 bits per heavy atom. The third kappa shape index (κ3) is 3.45. The van der Waals surface area contributed by atoms with Gasteiger partial charge in [0.15, 0.2) is 5.11 Å². The summed E-state index contributed by atoms with van der Waals surface area (Å²) in [6, 6.07) is 4.67. The molecular formula is C18H25N3OS2. The average Bonchev–Trinajstić information content (AvgIpc) is 3.33. The summed E-state index contributed by atoms with van der Waals surface area (Å²) in [5, 5.41) is 9.65. The van der Waals surface area contributed by atoms with Gasteiger partial charge in [-0.1, -0.05) is 12.5 Å². The van der Waals surface area contributed by atoms with Crippen LogP contribution in [0.1, 0.15) is 48.2 Å². The number of piperidine rings is 1. The van der Waals surface area contributed by atoms with Gasteiger partial charge in [-0.15, -0.1) is 11.3 Å². The first-order chi connectivity index (χ1) is 11.7. The normalized spacial score (nSPS) is 29.7. The maximum Gasteiger partial charge on any atom is 0.261 e. The number of hydrogen-bond donors (Lipinski definition) is 2. The van der Waals surface area contributed by atoms with Crippen LogP contribution in [0.4, 0.5) is 0 Å². The molecule has 1 aromatic heterocycles. The number of thiophene rings is 1. The van der Waals surface area contributed by atoms with Crippen molar-refractivity contribution in [2.75, 3.05) is 13.1 Å². The van der Waals surface area contributed by atoms with Gasteiger partial charge in [-0.25, -0.2) is 0 Å². The van der Waals surface area contributed by atoms with Crippen LogP contribution in [-0.2, 0) is 0 Å². The summed E-state index contributed by atoms with van der Waals surface area (Å²) in [5.41, 5.74) is 0. The van der Waals surface area contributed by atoms with Gasteiger partial charge in [-0.2, -0.15) is 0 Å². The third-order valence-electron chi connectivity index (χ3n) is 5.91. The molecule has 3 atom stereocenters. The highest BCUT2D eigenvalue weighted by molar-refractivity contribution is 7.80. The van der Waals surface area contributed by atoms with E-state index in [0.29, 0.717) is 6.04 Å². The molecule has 3 fully saturated rings. The van der Waals surface area contributed by atoms with E-state index in [1.54, 1.807) is 0 Å². The van der Waals surface area contributed by atoms with Crippen molar-refractivity contribution in [3.63, 3.8) is 0 Å². The molecule has 130 valence electrons. The van der Waals surface area contributed by atoms with Crippen molar-refractivity contribution in [3.8, 4) is 0 Å². The average molecular weight is 364 g/mol. The maximum absolute atomic E-state index is 12.1. The molecule has 2 heterocycles. The smallest absolute Gasteiger partial charge is 0.261 e. The number of carbonyl (C=O) groups excluding carboxylic acids is 1. The van der Waals surface area contributed by atoms with E-state index >= 15 is 0 Å². The second kappa shape index (κ2) is 7.00. The molecule has 1 aliphatic heterocycles. The molecule has 0 spiro atoms. The van der Waals surface area contributed by atoms with Crippen LogP contribution in [0.25, 0.3) is 0 Å². The summed E-state index contributed by atoms with van der Waals surface area (Å²) < 4.78 is 0. The largest absolute Gasteiger partial charge is 0.360 e. The standard InChI is InChI=1S/C18H25N3OS2/c22-17(16-2-1-9-24-16)19-14-5-7-21(8-6-14)18(23)20-15-11-12-3-4-13(15)10-12/h1-2,9,12-15H,3-8,10-11H2,(H,19,22)(H,20,23)/t12-,13-,15+/m0/s1. The highest BCUT2D eigenvalue weighted by atomic mass is 32.1. The van der Waals surface area contributed by atoms with E-state index in [2.05, 4.69) is 15.5 Å². The highest BCUT2D eigenvalue weighted by Crippen LogP contribution is 2.44. The minimum absolute atomic E-state index is 0.0612. The van der Waals surface area contributed by atoms with Crippen molar-refractivity contribution >= 4 is 34.6 Å². The van der Waals surface area contributed by atoms with E-state index in [-0.39, 0.29) is 11.9 Å². The minimum atomic E-state index is 0.0612. The first kappa shape index (κ1) is 16.3. The molecule has 6 heteroatoms. The fourth-order valence-electron chi connectivity index (χ4n) is 4.56. The molecule has 0 radical (unpaired) electrons. The Morgan fingerprint density at radius 3 is 2.62 bits per heavy atom. The van der Waals surface area contributed by atoms with Gasteiger partial charge in [-0.05, 0) is 67.6 Å². The van der Waals surface area contributed by atoms with Crippen molar-refractivity contribution < 1.29 is 4.79 Å². The molecule has 1 amide bonds. The molecule has 2 N–H and O–H groups in total. The van der Waals surface area contributed by atoms with Gasteiger partial charge < -0.3 is 15.5 Å². The predicted octanol–water partition coefficient (Wildman–Crippen LogP) is 3.01. The molecule has 3 aliphatic rings. The van der Waals surface area contributed by atoms with Crippen LogP contribution < -0.4 is 10.6 Å². The number of amides is 1. The Morgan fingerprint density at radius 2 is 2.00 bits per heavy atom. The van der Waals surface area contributed by atoms with Crippen molar-refractivity contribution in [1.29, 1.82) is 0 Å². The number of hydrogen-bond acceptors (Lipinski definition) is 3. The van der Waals surface area contributed by atoms with Crippen LogP contribution in [0, 0.1) is 11.8 Å². The number of nitrogens with one attached hydrogen (secondary N) is 2. The fraction of sp³-hybridized carbons (Fsp3) is 0.667. The van der Waals surface area contributed by atoms with Crippen LogP contribution in [-0.4, -0.2) is 41.1 Å². The Bertz CT molecular complexity index is 595. The van der Waals surface area contributed by atoms with Gasteiger partial charge in [0.05, 0.1) is 4.88 Å². The van der Waals surface area contributed by atoms with Crippen LogP contribution >= 0.6 is 23.6 Å². The van der Waals surface area contributed by atoms with Crippen LogP contribution in [0.15, 0.2) is 17.5 Å². The van der Waals surface area contributed by atoms with Gasteiger partial charge >= 0.3 is 0 Å². The van der Waals surface area contributed by atoms with Crippen molar-refractivity contribution in [1.82, 2.24) is 15.5 Å². The Labute approximate surface area is 153 Å². The molecule has 2 bridgehead atoms. The molecule has 4 nitrogen and oxygen atoms in total. The van der Waals surface area contributed by atoms with Crippen LogP contribution in [0.5, 0.6) is 0 Å². The zero-order chi connectivity index (χ0) is 16.5. The van der Waals surface area contributed by atoms with Crippen LogP contribution in [0.3, 0.4) is 0 Å². The first-order valence-electron chi connectivity index (χ1n) is 9.09. The lowest BCUT2D eigenvalue weighted by atomic mass is 9.95. The molecule has 1 saturated heterocycles. The van der Waals surface area contributed by atoms with Crippen LogP contribution in [0.2, 0.25) is 0 Å². The van der Waals surface area contributed by atoms with Crippen molar-refractivity contribution in [2.24, 2.45) is 11.8 Å². The lowest BCUT2D eigenvalue weighted by Crippen LogP contribution is -2.51. The highest BCUT2D eigenvalue weighted by Gasteiger charge is 2.40. The number of rotatable bonds is 3. The lowest BCUT2D eigenvalue weighted by Gasteiger charge is -2.36. The summed E-state index contributed by atoms with van der Waals surface area (Å²) in [6.07, 6.45) is 7.44. The van der Waals surface area contributed by atoms with E-state index in [1.807, 2.05) is 17.5 Å². The molecule has 2 aliphatic carbocycles. The van der Waals surface area contributed by atoms with E-state index in [0.717, 1.165) is 47.8 Å². The number of thiocarbonyl (C=S) groups is 1. The Hall–Kier alpha value is -1.14. The van der Waals surface area contributed by atoms with Gasteiger partial charge in [0, 0.05) is 25.2 Å². The van der Waals surface area contributed by atoms with Gasteiger partial charge in [-0.3, -0.25) is 4.79 Å². The monoisotopic (exact) mass is 363 g/mol. The lowest BCUT2D eigenvalue weighted by molar-refractivity contribution is 0.0926. The van der Waals surface area contributed by atoms with Gasteiger partial charge in [0.1, 0.15) is 0 Å². The zero-order valence-electron chi connectivity index (χ0n) is 13.9. The SMILES string of the molecule is O=C(NC1CCN(C(=S)N[C@@H]2C[C@H]3CC[C@H]2C3)CC1)c1cccs1. The summed E-state index contributed by atoms with van der Waals surface area (Å²) in [6.45, 7) is 1.87. The molecule has 0 unspecified atom stereocenters. The number of nitrogens with zero attached hydrogens (tertiary/aromatic N) is 1. The summed E-state index contributed by atoms with van der Waals surface area (Å²) >= 11 is 7.14. The quantitative estimate of drug-likeness (QED) is 0.811. The van der Waals surface area contributed by atoms with Crippen molar-refractivity contribution in [3.05, 3.63) is 22.4 Å². The maximum atomic E-state index is 12.1. The fourth-order valence-corrected chi connectivity index (χ4v) is 5.52. The number of likely N-dealkylation sites (tertiary alicyclic amines) is 1. The van der Waals surface area contributed by atoms with Gasteiger partial charge in [0.2, 0.25) is 0 Å². The molecular weight excluding hydrogens is 338 g/mol. The topological polar surface area (TPSA) is 44.4 Å². The number of carbonyl (C=O) groups is 1. The molecule has 1 aromatic rings. The number of fused-ring (bicyclic) bond motifs is 2. The van der Waals surface area contributed by atoms with E-state index in [4.69, 9.17) is 12.2 Å². The predicted molar refractivity (Wildman–Crippen MR) is 101 cm³/mol. The molecule has 2 saturated carbocycles. The third-order valence-corrected chi connectivity index (χ3v) is 7.15. The first-order valence-corrected chi connectivity index (χ1v) is 10.4. The zero-order valence-corrected chi connectivity index (χ0v) is 15.5. The van der Waals surface area contributed by atoms with E-state index < -0.39 is 0 Å². The summed E-state index contributed by atoms with van der Waals surface area (Å²) in [4.78, 5) is 15.2. The molecule has 24 heavy (non-hydrogen) atoms. The Balaban J connectivity index is 1.22. The molecule has 4 rings (SSSR count). The van der Waals surface area contributed by atoms with Gasteiger partial charge in [0.25, 0.3) is 5.91 Å². The molecule has 0 aromatic carbocycles. The minimum Gasteiger partial charge on any atom is -0.360 e.